The van der Waals surface area contributed by atoms with Gasteiger partial charge in [0.1, 0.15) is 11.8 Å². The number of benzene rings is 1. The summed E-state index contributed by atoms with van der Waals surface area (Å²) in [5, 5.41) is 0. The summed E-state index contributed by atoms with van der Waals surface area (Å²) < 4.78 is 7.04. The van der Waals surface area contributed by atoms with Gasteiger partial charge in [0.25, 0.3) is 0 Å². The number of carbonyl (C=O) groups is 1. The lowest BCUT2D eigenvalue weighted by Crippen LogP contribution is -2.34. The molecular formula is C15H20N4O2. The van der Waals surface area contributed by atoms with E-state index in [4.69, 9.17) is 10.5 Å². The number of anilines is 1. The molecule has 21 heavy (non-hydrogen) atoms. The number of nitrogens with zero attached hydrogens (tertiary/aromatic N) is 3. The fraction of sp³-hybridized carbons (Fsp3) is 0.467. The monoisotopic (exact) mass is 288 g/mol. The summed E-state index contributed by atoms with van der Waals surface area (Å²) in [5.41, 5.74) is 7.62. The zero-order valence-corrected chi connectivity index (χ0v) is 12.4. The van der Waals surface area contributed by atoms with Crippen LogP contribution in [0.15, 0.2) is 18.2 Å². The Bertz CT molecular complexity index is 674. The molecule has 1 atom stereocenters. The molecule has 0 radical (unpaired) electrons. The van der Waals surface area contributed by atoms with Crippen molar-refractivity contribution < 1.29 is 9.53 Å². The number of carbonyl (C=O) groups excluding carboxylic acids is 1. The van der Waals surface area contributed by atoms with Crippen molar-refractivity contribution in [2.45, 2.75) is 25.8 Å². The number of likely N-dealkylation sites (tertiary alicyclic amines) is 1. The minimum absolute atomic E-state index is 0.0984. The third kappa shape index (κ3) is 2.30. The van der Waals surface area contributed by atoms with Crippen molar-refractivity contribution in [3.05, 3.63) is 18.2 Å². The highest BCUT2D eigenvalue weighted by Crippen LogP contribution is 2.27. The van der Waals surface area contributed by atoms with Gasteiger partial charge in [-0.05, 0) is 31.9 Å². The summed E-state index contributed by atoms with van der Waals surface area (Å²) in [6.07, 6.45) is 2.15. The van der Waals surface area contributed by atoms with Gasteiger partial charge in [-0.1, -0.05) is 0 Å². The highest BCUT2D eigenvalue weighted by atomic mass is 16.5. The minimum atomic E-state index is -0.361. The maximum absolute atomic E-state index is 12.6. The Morgan fingerprint density at radius 2 is 2.10 bits per heavy atom. The van der Waals surface area contributed by atoms with Crippen molar-refractivity contribution in [1.82, 2.24) is 14.5 Å². The predicted molar refractivity (Wildman–Crippen MR) is 81.2 cm³/mol. The molecule has 1 aromatic heterocycles. The first kappa shape index (κ1) is 13.7. The zero-order chi connectivity index (χ0) is 15.0. The lowest BCUT2D eigenvalue weighted by Gasteiger charge is -2.22. The molecule has 0 saturated carbocycles. The number of nitrogen functional groups attached to an aromatic ring is 1. The second kappa shape index (κ2) is 5.27. The SMILES string of the molecule is COc1ccc2nc(N)n(C(C)C(=O)N3CCCC3)c2c1. The summed E-state index contributed by atoms with van der Waals surface area (Å²) in [4.78, 5) is 18.8. The largest absolute Gasteiger partial charge is 0.497 e. The van der Waals surface area contributed by atoms with Crippen LogP contribution in [0.25, 0.3) is 11.0 Å². The molecule has 1 amide bonds. The summed E-state index contributed by atoms with van der Waals surface area (Å²) in [6, 6.07) is 5.20. The van der Waals surface area contributed by atoms with Gasteiger partial charge >= 0.3 is 0 Å². The van der Waals surface area contributed by atoms with E-state index >= 15 is 0 Å². The van der Waals surface area contributed by atoms with Gasteiger partial charge in [0, 0.05) is 19.2 Å². The fourth-order valence-electron chi connectivity index (χ4n) is 2.94. The van der Waals surface area contributed by atoms with Crippen LogP contribution >= 0.6 is 0 Å². The molecule has 2 heterocycles. The van der Waals surface area contributed by atoms with Crippen LogP contribution in [0.2, 0.25) is 0 Å². The fourth-order valence-corrected chi connectivity index (χ4v) is 2.94. The molecule has 1 unspecified atom stereocenters. The molecule has 6 heteroatoms. The second-order valence-corrected chi connectivity index (χ2v) is 5.40. The molecule has 1 fully saturated rings. The van der Waals surface area contributed by atoms with E-state index in [1.165, 1.54) is 0 Å². The van der Waals surface area contributed by atoms with Crippen LogP contribution in [0.1, 0.15) is 25.8 Å². The van der Waals surface area contributed by atoms with Crippen LogP contribution in [0.3, 0.4) is 0 Å². The van der Waals surface area contributed by atoms with Crippen LogP contribution in [0, 0.1) is 0 Å². The second-order valence-electron chi connectivity index (χ2n) is 5.40. The lowest BCUT2D eigenvalue weighted by atomic mass is 10.2. The summed E-state index contributed by atoms with van der Waals surface area (Å²) in [5.74, 6) is 1.18. The predicted octanol–water partition coefficient (Wildman–Crippen LogP) is 1.81. The summed E-state index contributed by atoms with van der Waals surface area (Å²) in [6.45, 7) is 3.54. The van der Waals surface area contributed by atoms with E-state index in [1.807, 2.05) is 30.0 Å². The molecule has 0 aliphatic carbocycles. The van der Waals surface area contributed by atoms with Crippen LogP contribution in [-0.4, -0.2) is 40.6 Å². The zero-order valence-electron chi connectivity index (χ0n) is 12.4. The number of amides is 1. The molecule has 3 rings (SSSR count). The van der Waals surface area contributed by atoms with Crippen molar-refractivity contribution in [3.63, 3.8) is 0 Å². The van der Waals surface area contributed by atoms with Crippen molar-refractivity contribution >= 4 is 22.9 Å². The molecule has 1 aliphatic rings. The van der Waals surface area contributed by atoms with Gasteiger partial charge in [0.05, 0.1) is 18.1 Å². The molecule has 1 aromatic carbocycles. The first-order valence-electron chi connectivity index (χ1n) is 7.22. The van der Waals surface area contributed by atoms with E-state index in [9.17, 15) is 4.79 Å². The number of methoxy groups -OCH3 is 1. The molecule has 1 saturated heterocycles. The Morgan fingerprint density at radius 3 is 2.76 bits per heavy atom. The van der Waals surface area contributed by atoms with Gasteiger partial charge in [-0.15, -0.1) is 0 Å². The van der Waals surface area contributed by atoms with Crippen molar-refractivity contribution in [2.24, 2.45) is 0 Å². The quantitative estimate of drug-likeness (QED) is 0.934. The first-order valence-corrected chi connectivity index (χ1v) is 7.22. The van der Waals surface area contributed by atoms with Crippen LogP contribution in [0.4, 0.5) is 5.95 Å². The average Bonchev–Trinajstić information content (AvgIpc) is 3.11. The lowest BCUT2D eigenvalue weighted by molar-refractivity contribution is -0.133. The van der Waals surface area contributed by atoms with E-state index in [0.29, 0.717) is 5.95 Å². The first-order chi connectivity index (χ1) is 10.1. The maximum atomic E-state index is 12.6. The van der Waals surface area contributed by atoms with Gasteiger partial charge in [0.2, 0.25) is 11.9 Å². The Balaban J connectivity index is 2.01. The average molecular weight is 288 g/mol. The number of imidazole rings is 1. The van der Waals surface area contributed by atoms with Crippen molar-refractivity contribution in [3.8, 4) is 5.75 Å². The molecule has 0 bridgehead atoms. The van der Waals surface area contributed by atoms with E-state index in [-0.39, 0.29) is 11.9 Å². The number of hydrogen-bond donors (Lipinski definition) is 1. The van der Waals surface area contributed by atoms with E-state index in [1.54, 1.807) is 11.7 Å². The highest BCUT2D eigenvalue weighted by Gasteiger charge is 2.27. The number of ether oxygens (including phenoxy) is 1. The minimum Gasteiger partial charge on any atom is -0.497 e. The molecule has 2 N–H and O–H groups in total. The summed E-state index contributed by atoms with van der Waals surface area (Å²) >= 11 is 0. The van der Waals surface area contributed by atoms with Gasteiger partial charge in [0.15, 0.2) is 0 Å². The highest BCUT2D eigenvalue weighted by molar-refractivity contribution is 5.86. The molecular weight excluding hydrogens is 268 g/mol. The Hall–Kier alpha value is -2.24. The molecule has 6 nitrogen and oxygen atoms in total. The number of aromatic nitrogens is 2. The van der Waals surface area contributed by atoms with Gasteiger partial charge in [-0.25, -0.2) is 4.98 Å². The number of hydrogen-bond acceptors (Lipinski definition) is 4. The van der Waals surface area contributed by atoms with Crippen molar-refractivity contribution in [2.75, 3.05) is 25.9 Å². The third-order valence-electron chi connectivity index (χ3n) is 4.09. The van der Waals surface area contributed by atoms with Gasteiger partial charge in [-0.2, -0.15) is 0 Å². The molecule has 1 aliphatic heterocycles. The third-order valence-corrected chi connectivity index (χ3v) is 4.09. The van der Waals surface area contributed by atoms with E-state index < -0.39 is 0 Å². The van der Waals surface area contributed by atoms with Gasteiger partial charge in [-0.3, -0.25) is 9.36 Å². The van der Waals surface area contributed by atoms with Gasteiger partial charge < -0.3 is 15.4 Å². The maximum Gasteiger partial charge on any atom is 0.245 e. The van der Waals surface area contributed by atoms with E-state index in [0.717, 1.165) is 42.7 Å². The Morgan fingerprint density at radius 1 is 1.38 bits per heavy atom. The number of nitrogens with two attached hydrogens (primary N) is 1. The smallest absolute Gasteiger partial charge is 0.245 e. The van der Waals surface area contributed by atoms with Crippen LogP contribution in [0.5, 0.6) is 5.75 Å². The van der Waals surface area contributed by atoms with Crippen LogP contribution < -0.4 is 10.5 Å². The Kier molecular flexibility index (Phi) is 3.45. The van der Waals surface area contributed by atoms with Crippen LogP contribution in [-0.2, 0) is 4.79 Å². The number of rotatable bonds is 3. The standard InChI is InChI=1S/C15H20N4O2/c1-10(14(20)18-7-3-4-8-18)19-13-9-11(21-2)5-6-12(13)17-15(19)16/h5-6,9-10H,3-4,7-8H2,1-2H3,(H2,16,17). The molecule has 112 valence electrons. The normalized spacial score (nSPS) is 16.4. The van der Waals surface area contributed by atoms with E-state index in [2.05, 4.69) is 4.98 Å². The molecule has 0 spiro atoms. The number of fused-ring (bicyclic) bond motifs is 1. The topological polar surface area (TPSA) is 73.4 Å². The van der Waals surface area contributed by atoms with Crippen molar-refractivity contribution in [1.29, 1.82) is 0 Å². The molecule has 2 aromatic rings. The summed E-state index contributed by atoms with van der Waals surface area (Å²) in [7, 11) is 1.62. The Labute approximate surface area is 123 Å².